The SMILES string of the molecule is COc1ccc(Cn2cnc(C(F)(F)C(F)F)c(Oc3cc(C(F)F)cc(Br)c3OC)c2=O)cc1. The van der Waals surface area contributed by atoms with E-state index in [0.717, 1.165) is 23.8 Å². The zero-order valence-corrected chi connectivity index (χ0v) is 19.7. The predicted octanol–water partition coefficient (Wildman–Crippen LogP) is 6.16. The van der Waals surface area contributed by atoms with Crippen LogP contribution in [0.25, 0.3) is 0 Å². The molecule has 3 rings (SSSR count). The molecule has 1 heterocycles. The van der Waals surface area contributed by atoms with Crippen molar-refractivity contribution in [2.24, 2.45) is 0 Å². The van der Waals surface area contributed by atoms with Gasteiger partial charge in [-0.25, -0.2) is 22.5 Å². The van der Waals surface area contributed by atoms with Gasteiger partial charge in [0.25, 0.3) is 12.0 Å². The lowest BCUT2D eigenvalue weighted by atomic mass is 10.2. The lowest BCUT2D eigenvalue weighted by Gasteiger charge is -2.20. The van der Waals surface area contributed by atoms with Crippen LogP contribution in [0, 0.1) is 0 Å². The van der Waals surface area contributed by atoms with Crippen LogP contribution in [-0.4, -0.2) is 30.2 Å². The van der Waals surface area contributed by atoms with Gasteiger partial charge in [0.2, 0.25) is 5.75 Å². The summed E-state index contributed by atoms with van der Waals surface area (Å²) in [7, 11) is 2.58. The van der Waals surface area contributed by atoms with Crippen molar-refractivity contribution in [3.8, 4) is 23.0 Å². The Balaban J connectivity index is 2.17. The first kappa shape index (κ1) is 26.4. The van der Waals surface area contributed by atoms with Crippen molar-refractivity contribution in [1.82, 2.24) is 9.55 Å². The summed E-state index contributed by atoms with van der Waals surface area (Å²) < 4.78 is 97.7. The smallest absolute Gasteiger partial charge is 0.352 e. The van der Waals surface area contributed by atoms with Crippen LogP contribution in [-0.2, 0) is 12.5 Å². The summed E-state index contributed by atoms with van der Waals surface area (Å²) in [6.45, 7) is -0.190. The molecule has 0 N–H and O–H groups in total. The molecule has 13 heteroatoms. The van der Waals surface area contributed by atoms with Gasteiger partial charge in [-0.05, 0) is 45.8 Å². The van der Waals surface area contributed by atoms with Gasteiger partial charge in [-0.3, -0.25) is 9.36 Å². The van der Waals surface area contributed by atoms with E-state index in [1.807, 2.05) is 0 Å². The molecule has 3 aromatic rings. The lowest BCUT2D eigenvalue weighted by molar-refractivity contribution is -0.139. The summed E-state index contributed by atoms with van der Waals surface area (Å²) in [5.41, 5.74) is -2.97. The van der Waals surface area contributed by atoms with Crippen LogP contribution in [0.15, 0.2) is 52.0 Å². The predicted molar refractivity (Wildman–Crippen MR) is 116 cm³/mol. The van der Waals surface area contributed by atoms with Gasteiger partial charge in [0.15, 0.2) is 17.2 Å². The highest BCUT2D eigenvalue weighted by molar-refractivity contribution is 9.10. The number of benzene rings is 2. The third kappa shape index (κ3) is 5.55. The number of hydrogen-bond donors (Lipinski definition) is 0. The van der Waals surface area contributed by atoms with Crippen LogP contribution in [0.5, 0.6) is 23.0 Å². The van der Waals surface area contributed by atoms with Gasteiger partial charge in [-0.15, -0.1) is 0 Å². The average Bonchev–Trinajstić information content (AvgIpc) is 2.81. The number of halogens is 7. The zero-order valence-electron chi connectivity index (χ0n) is 18.1. The van der Waals surface area contributed by atoms with Crippen LogP contribution >= 0.6 is 15.9 Å². The molecule has 0 saturated heterocycles. The molecule has 0 bridgehead atoms. The Bertz CT molecular complexity index is 1250. The maximum absolute atomic E-state index is 14.3. The van der Waals surface area contributed by atoms with Crippen LogP contribution in [0.4, 0.5) is 26.3 Å². The van der Waals surface area contributed by atoms with Crippen molar-refractivity contribution < 1.29 is 40.6 Å². The molecule has 1 aromatic heterocycles. The number of ether oxygens (including phenoxy) is 3. The van der Waals surface area contributed by atoms with E-state index in [-0.39, 0.29) is 16.8 Å². The summed E-state index contributed by atoms with van der Waals surface area (Å²) in [6, 6.07) is 8.08. The van der Waals surface area contributed by atoms with E-state index in [1.54, 1.807) is 24.3 Å². The van der Waals surface area contributed by atoms with E-state index in [0.29, 0.717) is 17.6 Å². The highest BCUT2D eigenvalue weighted by Crippen LogP contribution is 2.43. The molecule has 0 amide bonds. The normalized spacial score (nSPS) is 11.7. The van der Waals surface area contributed by atoms with Crippen molar-refractivity contribution in [3.05, 3.63) is 74.4 Å². The van der Waals surface area contributed by atoms with Gasteiger partial charge in [0, 0.05) is 5.56 Å². The topological polar surface area (TPSA) is 62.6 Å². The van der Waals surface area contributed by atoms with Gasteiger partial charge in [-0.1, -0.05) is 12.1 Å². The maximum Gasteiger partial charge on any atom is 0.352 e. The number of aromatic nitrogens is 2. The fourth-order valence-corrected chi connectivity index (χ4v) is 3.66. The number of alkyl halides is 6. The number of hydrogen-bond acceptors (Lipinski definition) is 5. The van der Waals surface area contributed by atoms with E-state index in [4.69, 9.17) is 14.2 Å². The molecule has 0 radical (unpaired) electrons. The lowest BCUT2D eigenvalue weighted by Crippen LogP contribution is -2.31. The molecule has 188 valence electrons. The van der Waals surface area contributed by atoms with E-state index in [9.17, 15) is 31.1 Å². The van der Waals surface area contributed by atoms with Crippen molar-refractivity contribution in [1.29, 1.82) is 0 Å². The van der Waals surface area contributed by atoms with Crippen molar-refractivity contribution in [3.63, 3.8) is 0 Å². The molecule has 6 nitrogen and oxygen atoms in total. The van der Waals surface area contributed by atoms with E-state index >= 15 is 0 Å². The summed E-state index contributed by atoms with van der Waals surface area (Å²) >= 11 is 2.99. The fourth-order valence-electron chi connectivity index (χ4n) is 3.04. The van der Waals surface area contributed by atoms with E-state index in [2.05, 4.69) is 20.9 Å². The molecular formula is C22H17BrF6N2O4. The summed E-state index contributed by atoms with van der Waals surface area (Å²) in [5, 5.41) is 0. The van der Waals surface area contributed by atoms with Crippen molar-refractivity contribution in [2.75, 3.05) is 14.2 Å². The van der Waals surface area contributed by atoms with Gasteiger partial charge in [-0.2, -0.15) is 8.78 Å². The number of methoxy groups -OCH3 is 2. The van der Waals surface area contributed by atoms with Crippen LogP contribution in [0.1, 0.15) is 23.2 Å². The standard InChI is InChI=1S/C22H17BrF6N2O4/c1-33-13-5-3-11(4-6-13)9-31-10-30-18(22(28,29)21(26)27)17(20(31)32)35-15-8-12(19(24)25)7-14(23)16(15)34-2/h3-8,10,19,21H,9H2,1-2H3. The Morgan fingerprint density at radius 3 is 2.23 bits per heavy atom. The molecule has 0 saturated carbocycles. The largest absolute Gasteiger partial charge is 0.497 e. The molecule has 0 atom stereocenters. The van der Waals surface area contributed by atoms with Gasteiger partial charge in [0.1, 0.15) is 5.75 Å². The van der Waals surface area contributed by atoms with Crippen molar-refractivity contribution in [2.45, 2.75) is 25.3 Å². The molecule has 0 aliphatic rings. The maximum atomic E-state index is 14.3. The average molecular weight is 567 g/mol. The van der Waals surface area contributed by atoms with Gasteiger partial charge < -0.3 is 14.2 Å². The van der Waals surface area contributed by atoms with Gasteiger partial charge >= 0.3 is 12.3 Å². The molecular weight excluding hydrogens is 550 g/mol. The Morgan fingerprint density at radius 1 is 1.03 bits per heavy atom. The summed E-state index contributed by atoms with van der Waals surface area (Å²) in [6.07, 6.45) is -6.55. The number of nitrogens with zero attached hydrogens (tertiary/aromatic N) is 2. The molecule has 2 aromatic carbocycles. The molecule has 0 unspecified atom stereocenters. The Labute approximate surface area is 203 Å². The molecule has 0 aliphatic heterocycles. The second kappa shape index (κ2) is 10.6. The highest BCUT2D eigenvalue weighted by atomic mass is 79.9. The third-order valence-corrected chi connectivity index (χ3v) is 5.39. The molecule has 35 heavy (non-hydrogen) atoms. The highest BCUT2D eigenvalue weighted by Gasteiger charge is 2.48. The van der Waals surface area contributed by atoms with E-state index in [1.165, 1.54) is 7.11 Å². The second-order valence-corrected chi connectivity index (χ2v) is 7.92. The first-order valence-corrected chi connectivity index (χ1v) is 10.5. The number of rotatable bonds is 9. The molecule has 0 spiro atoms. The summed E-state index contributed by atoms with van der Waals surface area (Å²) in [4.78, 5) is 16.5. The Hall–Kier alpha value is -3.22. The van der Waals surface area contributed by atoms with Crippen LogP contribution in [0.3, 0.4) is 0 Å². The van der Waals surface area contributed by atoms with Crippen LogP contribution in [0.2, 0.25) is 0 Å². The molecule has 0 fully saturated rings. The minimum Gasteiger partial charge on any atom is -0.497 e. The first-order chi connectivity index (χ1) is 16.5. The minimum atomic E-state index is -4.88. The zero-order chi connectivity index (χ0) is 25.9. The minimum absolute atomic E-state index is 0.0441. The fraction of sp³-hybridized carbons (Fsp3) is 0.273. The Kier molecular flexibility index (Phi) is 7.98. The monoisotopic (exact) mass is 566 g/mol. The van der Waals surface area contributed by atoms with Crippen molar-refractivity contribution >= 4 is 15.9 Å². The first-order valence-electron chi connectivity index (χ1n) is 9.71. The molecule has 0 aliphatic carbocycles. The second-order valence-electron chi connectivity index (χ2n) is 7.06. The Morgan fingerprint density at radius 2 is 1.69 bits per heavy atom. The summed E-state index contributed by atoms with van der Waals surface area (Å²) in [5.74, 6) is -6.43. The van der Waals surface area contributed by atoms with Gasteiger partial charge in [0.05, 0.1) is 31.6 Å². The van der Waals surface area contributed by atoms with Crippen LogP contribution < -0.4 is 19.8 Å². The quantitative estimate of drug-likeness (QED) is 0.290. The third-order valence-electron chi connectivity index (χ3n) is 4.80. The van der Waals surface area contributed by atoms with E-state index < -0.39 is 47.1 Å².